The molecule has 0 aliphatic carbocycles. The quantitative estimate of drug-likeness (QED) is 0.596. The lowest BCUT2D eigenvalue weighted by molar-refractivity contribution is -0.111. The molecule has 1 aromatic rings. The maximum Gasteiger partial charge on any atom is 0.141 e. The molecule has 0 N–H and O–H groups in total. The first-order chi connectivity index (χ1) is 9.81. The standard InChI is InChI=1S/C18H27NO/c1-3-5-14-19(15-6-4-2)18(16-20)13-12-17-10-8-7-9-11-17/h7-13,16,18H,3-6,14-15H2,1-2H3/b13-12+. The molecule has 0 fully saturated rings. The highest BCUT2D eigenvalue weighted by Gasteiger charge is 2.13. The van der Waals surface area contributed by atoms with Gasteiger partial charge in [-0.25, -0.2) is 0 Å². The Morgan fingerprint density at radius 1 is 1.05 bits per heavy atom. The van der Waals surface area contributed by atoms with Crippen LogP contribution in [-0.2, 0) is 4.79 Å². The highest BCUT2D eigenvalue weighted by Crippen LogP contribution is 2.08. The molecule has 20 heavy (non-hydrogen) atoms. The molecule has 0 spiro atoms. The Kier molecular flexibility index (Phi) is 8.64. The van der Waals surface area contributed by atoms with Crippen LogP contribution in [0.15, 0.2) is 36.4 Å². The lowest BCUT2D eigenvalue weighted by Gasteiger charge is -2.25. The van der Waals surface area contributed by atoms with Crippen molar-refractivity contribution in [2.24, 2.45) is 0 Å². The van der Waals surface area contributed by atoms with E-state index in [1.807, 2.05) is 30.4 Å². The summed E-state index contributed by atoms with van der Waals surface area (Å²) in [4.78, 5) is 13.7. The van der Waals surface area contributed by atoms with Gasteiger partial charge >= 0.3 is 0 Å². The molecule has 0 heterocycles. The number of carbonyl (C=O) groups is 1. The fourth-order valence-corrected chi connectivity index (χ4v) is 2.16. The first-order valence-corrected chi connectivity index (χ1v) is 7.74. The average Bonchev–Trinajstić information content (AvgIpc) is 2.50. The molecule has 110 valence electrons. The molecular formula is C18H27NO. The molecule has 0 radical (unpaired) electrons. The van der Waals surface area contributed by atoms with Crippen LogP contribution < -0.4 is 0 Å². The van der Waals surface area contributed by atoms with Crippen molar-refractivity contribution in [2.75, 3.05) is 13.1 Å². The molecule has 0 saturated carbocycles. The van der Waals surface area contributed by atoms with Crippen LogP contribution in [0, 0.1) is 0 Å². The topological polar surface area (TPSA) is 20.3 Å². The maximum absolute atomic E-state index is 11.4. The van der Waals surface area contributed by atoms with E-state index < -0.39 is 0 Å². The van der Waals surface area contributed by atoms with E-state index in [0.29, 0.717) is 0 Å². The zero-order chi connectivity index (χ0) is 14.6. The summed E-state index contributed by atoms with van der Waals surface area (Å²) in [5, 5.41) is 0. The SMILES string of the molecule is CCCCN(CCCC)C(C=O)/C=C/c1ccccc1. The fourth-order valence-electron chi connectivity index (χ4n) is 2.16. The summed E-state index contributed by atoms with van der Waals surface area (Å²) in [5.74, 6) is 0. The first kappa shape index (κ1) is 16.6. The van der Waals surface area contributed by atoms with Crippen LogP contribution in [-0.4, -0.2) is 30.3 Å². The van der Waals surface area contributed by atoms with E-state index in [9.17, 15) is 4.79 Å². The number of benzene rings is 1. The van der Waals surface area contributed by atoms with Crippen molar-refractivity contribution in [2.45, 2.75) is 45.6 Å². The Morgan fingerprint density at radius 2 is 1.65 bits per heavy atom. The van der Waals surface area contributed by atoms with Crippen molar-refractivity contribution >= 4 is 12.4 Å². The van der Waals surface area contributed by atoms with Gasteiger partial charge in [-0.1, -0.05) is 69.2 Å². The summed E-state index contributed by atoms with van der Waals surface area (Å²) < 4.78 is 0. The summed E-state index contributed by atoms with van der Waals surface area (Å²) in [5.41, 5.74) is 1.14. The molecule has 1 rings (SSSR count). The van der Waals surface area contributed by atoms with Gasteiger partial charge in [0.1, 0.15) is 6.29 Å². The van der Waals surface area contributed by atoms with Gasteiger partial charge in [0.25, 0.3) is 0 Å². The lowest BCUT2D eigenvalue weighted by atomic mass is 10.1. The van der Waals surface area contributed by atoms with E-state index in [-0.39, 0.29) is 6.04 Å². The molecule has 0 aliphatic heterocycles. The Labute approximate surface area is 123 Å². The monoisotopic (exact) mass is 273 g/mol. The second-order valence-electron chi connectivity index (χ2n) is 5.14. The van der Waals surface area contributed by atoms with Crippen molar-refractivity contribution in [3.05, 3.63) is 42.0 Å². The third kappa shape index (κ3) is 6.16. The highest BCUT2D eigenvalue weighted by atomic mass is 16.1. The molecule has 2 heteroatoms. The smallest absolute Gasteiger partial charge is 0.141 e. The predicted octanol–water partition coefficient (Wildman–Crippen LogP) is 4.17. The van der Waals surface area contributed by atoms with Gasteiger partial charge in [-0.05, 0) is 31.5 Å². The highest BCUT2D eigenvalue weighted by molar-refractivity contribution is 5.65. The Morgan fingerprint density at radius 3 is 2.15 bits per heavy atom. The third-order valence-electron chi connectivity index (χ3n) is 3.44. The van der Waals surface area contributed by atoms with E-state index in [1.54, 1.807) is 0 Å². The van der Waals surface area contributed by atoms with Crippen LogP contribution in [0.3, 0.4) is 0 Å². The maximum atomic E-state index is 11.4. The number of nitrogens with zero attached hydrogens (tertiary/aromatic N) is 1. The van der Waals surface area contributed by atoms with Crippen molar-refractivity contribution < 1.29 is 4.79 Å². The number of aldehydes is 1. The number of rotatable bonds is 10. The van der Waals surface area contributed by atoms with E-state index in [0.717, 1.165) is 50.6 Å². The Balaban J connectivity index is 2.68. The number of carbonyl (C=O) groups excluding carboxylic acids is 1. The summed E-state index contributed by atoms with van der Waals surface area (Å²) in [6, 6.07) is 10.0. The molecule has 1 atom stereocenters. The molecule has 0 aliphatic rings. The summed E-state index contributed by atoms with van der Waals surface area (Å²) in [6.45, 7) is 6.37. The van der Waals surface area contributed by atoms with E-state index in [4.69, 9.17) is 0 Å². The van der Waals surface area contributed by atoms with Crippen LogP contribution in [0.5, 0.6) is 0 Å². The van der Waals surface area contributed by atoms with Gasteiger partial charge in [0.15, 0.2) is 0 Å². The van der Waals surface area contributed by atoms with Crippen LogP contribution in [0.1, 0.15) is 45.1 Å². The van der Waals surface area contributed by atoms with Crippen LogP contribution in [0.25, 0.3) is 6.08 Å². The molecule has 0 amide bonds. The van der Waals surface area contributed by atoms with Crippen molar-refractivity contribution in [1.82, 2.24) is 4.90 Å². The molecule has 1 aromatic carbocycles. The zero-order valence-corrected chi connectivity index (χ0v) is 12.8. The van der Waals surface area contributed by atoms with Gasteiger partial charge in [-0.3, -0.25) is 4.90 Å². The zero-order valence-electron chi connectivity index (χ0n) is 12.8. The van der Waals surface area contributed by atoms with Crippen LogP contribution in [0.2, 0.25) is 0 Å². The molecule has 0 saturated heterocycles. The van der Waals surface area contributed by atoms with Gasteiger partial charge in [-0.2, -0.15) is 0 Å². The molecule has 1 unspecified atom stereocenters. The minimum atomic E-state index is -0.103. The summed E-state index contributed by atoms with van der Waals surface area (Å²) in [7, 11) is 0. The molecule has 0 aromatic heterocycles. The van der Waals surface area contributed by atoms with Gasteiger partial charge < -0.3 is 4.79 Å². The van der Waals surface area contributed by atoms with Crippen LogP contribution >= 0.6 is 0 Å². The Bertz CT molecular complexity index is 378. The molecule has 2 nitrogen and oxygen atoms in total. The average molecular weight is 273 g/mol. The number of hydrogen-bond donors (Lipinski definition) is 0. The number of hydrogen-bond acceptors (Lipinski definition) is 2. The van der Waals surface area contributed by atoms with Crippen LogP contribution in [0.4, 0.5) is 0 Å². The second-order valence-corrected chi connectivity index (χ2v) is 5.14. The van der Waals surface area contributed by atoms with Gasteiger partial charge in [0.05, 0.1) is 6.04 Å². The second kappa shape index (κ2) is 10.4. The van der Waals surface area contributed by atoms with Gasteiger partial charge in [-0.15, -0.1) is 0 Å². The third-order valence-corrected chi connectivity index (χ3v) is 3.44. The van der Waals surface area contributed by atoms with E-state index in [2.05, 4.69) is 30.9 Å². The van der Waals surface area contributed by atoms with Crippen molar-refractivity contribution in [3.63, 3.8) is 0 Å². The van der Waals surface area contributed by atoms with E-state index in [1.165, 1.54) is 0 Å². The molecular weight excluding hydrogens is 246 g/mol. The normalized spacial score (nSPS) is 12.9. The Hall–Kier alpha value is -1.41. The minimum absolute atomic E-state index is 0.103. The van der Waals surface area contributed by atoms with Gasteiger partial charge in [0, 0.05) is 0 Å². The first-order valence-electron chi connectivity index (χ1n) is 7.74. The van der Waals surface area contributed by atoms with Gasteiger partial charge in [0.2, 0.25) is 0 Å². The predicted molar refractivity (Wildman–Crippen MR) is 86.7 cm³/mol. The largest absolute Gasteiger partial charge is 0.301 e. The van der Waals surface area contributed by atoms with Crippen molar-refractivity contribution in [3.8, 4) is 0 Å². The van der Waals surface area contributed by atoms with Crippen molar-refractivity contribution in [1.29, 1.82) is 0 Å². The summed E-state index contributed by atoms with van der Waals surface area (Å²) >= 11 is 0. The van der Waals surface area contributed by atoms with E-state index >= 15 is 0 Å². The lowest BCUT2D eigenvalue weighted by Crippen LogP contribution is -2.36. The number of unbranched alkanes of at least 4 members (excludes halogenated alkanes) is 2. The fraction of sp³-hybridized carbons (Fsp3) is 0.500. The summed E-state index contributed by atoms with van der Waals surface area (Å²) in [6.07, 6.45) is 9.75. The minimum Gasteiger partial charge on any atom is -0.301 e. The molecule has 0 bridgehead atoms.